The number of fused-ring (bicyclic) bond motifs is 1. The molecule has 1 aromatic carbocycles. The van der Waals surface area contributed by atoms with E-state index in [1.165, 1.54) is 0 Å². The van der Waals surface area contributed by atoms with Crippen LogP contribution in [0.5, 0.6) is 5.75 Å². The molecule has 1 aromatic heterocycles. The van der Waals surface area contributed by atoms with Crippen LogP contribution in [-0.4, -0.2) is 39.0 Å². The predicted molar refractivity (Wildman–Crippen MR) is 74.7 cm³/mol. The number of rotatable bonds is 7. The molecule has 0 fully saturated rings. The lowest BCUT2D eigenvalue weighted by atomic mass is 10.3. The second kappa shape index (κ2) is 6.49. The molecule has 0 bridgehead atoms. The molecule has 8 heteroatoms. The Morgan fingerprint density at radius 2 is 2.19 bits per heavy atom. The van der Waals surface area contributed by atoms with E-state index in [0.717, 1.165) is 11.8 Å². The number of oxazole rings is 1. The Labute approximate surface area is 123 Å². The summed E-state index contributed by atoms with van der Waals surface area (Å²) in [6.07, 6.45) is -0.511. The Morgan fingerprint density at radius 3 is 2.81 bits per heavy atom. The van der Waals surface area contributed by atoms with Gasteiger partial charge in [-0.25, -0.2) is 4.98 Å². The van der Waals surface area contributed by atoms with Crippen LogP contribution in [0.2, 0.25) is 0 Å². The van der Waals surface area contributed by atoms with Gasteiger partial charge in [-0.15, -0.1) is 0 Å². The fourth-order valence-corrected chi connectivity index (χ4v) is 2.51. The third-order valence-corrected chi connectivity index (χ3v) is 3.56. The molecule has 1 unspecified atom stereocenters. The van der Waals surface area contributed by atoms with Crippen molar-refractivity contribution in [2.45, 2.75) is 23.8 Å². The molecule has 2 rings (SSSR count). The fraction of sp³-hybridized carbons (Fsp3) is 0.308. The number of nitrogens with zero attached hydrogens (tertiary/aromatic N) is 1. The summed E-state index contributed by atoms with van der Waals surface area (Å²) < 4.78 is 10.8. The first kappa shape index (κ1) is 15.2. The zero-order valence-corrected chi connectivity index (χ0v) is 11.9. The molecule has 0 radical (unpaired) electrons. The maximum Gasteiger partial charge on any atom is 0.317 e. The zero-order valence-electron chi connectivity index (χ0n) is 11.1. The number of carboxylic acids is 2. The van der Waals surface area contributed by atoms with Gasteiger partial charge in [-0.3, -0.25) is 9.59 Å². The molecular formula is C13H13NO6S. The van der Waals surface area contributed by atoms with E-state index in [1.807, 2.05) is 6.92 Å². The molecule has 0 aliphatic carbocycles. The Kier molecular flexibility index (Phi) is 4.69. The number of aromatic nitrogens is 1. The molecule has 21 heavy (non-hydrogen) atoms. The van der Waals surface area contributed by atoms with Crippen LogP contribution in [0.4, 0.5) is 0 Å². The van der Waals surface area contributed by atoms with Gasteiger partial charge in [-0.2, -0.15) is 0 Å². The van der Waals surface area contributed by atoms with E-state index in [9.17, 15) is 9.59 Å². The Balaban J connectivity index is 2.21. The second-order valence-corrected chi connectivity index (χ2v) is 5.24. The highest BCUT2D eigenvalue weighted by molar-refractivity contribution is 8.00. The van der Waals surface area contributed by atoms with Crippen molar-refractivity contribution in [3.8, 4) is 5.75 Å². The first-order valence-electron chi connectivity index (χ1n) is 6.14. The van der Waals surface area contributed by atoms with Crippen LogP contribution in [0.25, 0.3) is 11.1 Å². The number of hydrogen-bond acceptors (Lipinski definition) is 6. The summed E-state index contributed by atoms with van der Waals surface area (Å²) >= 11 is 0.771. The Hall–Kier alpha value is -2.22. The van der Waals surface area contributed by atoms with Crippen molar-refractivity contribution >= 4 is 34.8 Å². The van der Waals surface area contributed by atoms with Crippen molar-refractivity contribution in [2.24, 2.45) is 0 Å². The molecule has 2 aromatic rings. The van der Waals surface area contributed by atoms with Crippen molar-refractivity contribution < 1.29 is 29.0 Å². The number of carboxylic acid groups (broad SMARTS) is 2. The lowest BCUT2D eigenvalue weighted by Gasteiger charge is -2.05. The summed E-state index contributed by atoms with van der Waals surface area (Å²) in [5.41, 5.74) is 1.02. The highest BCUT2D eigenvalue weighted by atomic mass is 32.2. The predicted octanol–water partition coefficient (Wildman–Crippen LogP) is 2.25. The van der Waals surface area contributed by atoms with Crippen LogP contribution in [0.1, 0.15) is 13.3 Å². The molecule has 1 heterocycles. The SMILES string of the molecule is CCOc1ccc2nc(SC(CC(=O)O)C(=O)O)oc2c1. The first-order chi connectivity index (χ1) is 9.99. The van der Waals surface area contributed by atoms with E-state index < -0.39 is 23.6 Å². The van der Waals surface area contributed by atoms with Gasteiger partial charge in [-0.1, -0.05) is 11.8 Å². The van der Waals surface area contributed by atoms with E-state index in [-0.39, 0.29) is 5.22 Å². The van der Waals surface area contributed by atoms with E-state index in [0.29, 0.717) is 23.5 Å². The van der Waals surface area contributed by atoms with Crippen LogP contribution in [0.15, 0.2) is 27.8 Å². The number of aliphatic carboxylic acids is 2. The van der Waals surface area contributed by atoms with Gasteiger partial charge in [0.15, 0.2) is 5.58 Å². The maximum atomic E-state index is 11.0. The zero-order chi connectivity index (χ0) is 15.4. The van der Waals surface area contributed by atoms with Gasteiger partial charge >= 0.3 is 11.9 Å². The van der Waals surface area contributed by atoms with Crippen molar-refractivity contribution in [2.75, 3.05) is 6.61 Å². The normalized spacial score (nSPS) is 12.2. The largest absolute Gasteiger partial charge is 0.494 e. The molecular weight excluding hydrogens is 298 g/mol. The van der Waals surface area contributed by atoms with E-state index in [1.54, 1.807) is 18.2 Å². The fourth-order valence-electron chi connectivity index (χ4n) is 1.65. The van der Waals surface area contributed by atoms with Crippen molar-refractivity contribution in [3.05, 3.63) is 18.2 Å². The number of benzene rings is 1. The van der Waals surface area contributed by atoms with Crippen LogP contribution in [0, 0.1) is 0 Å². The number of thioether (sulfide) groups is 1. The molecule has 1 atom stereocenters. The Bertz CT molecular complexity index is 668. The van der Waals surface area contributed by atoms with E-state index in [4.69, 9.17) is 19.4 Å². The topological polar surface area (TPSA) is 110 Å². The average molecular weight is 311 g/mol. The maximum absolute atomic E-state index is 11.0. The quantitative estimate of drug-likeness (QED) is 0.749. The van der Waals surface area contributed by atoms with Gasteiger partial charge in [0.25, 0.3) is 5.22 Å². The van der Waals surface area contributed by atoms with E-state index >= 15 is 0 Å². The van der Waals surface area contributed by atoms with Gasteiger partial charge in [0.1, 0.15) is 16.5 Å². The monoisotopic (exact) mass is 311 g/mol. The summed E-state index contributed by atoms with van der Waals surface area (Å²) in [7, 11) is 0. The third-order valence-electron chi connectivity index (χ3n) is 2.53. The standard InChI is InChI=1S/C13H13NO6S/c1-2-19-7-3-4-8-9(5-7)20-13(14-8)21-10(12(17)18)6-11(15)16/h3-5,10H,2,6H2,1H3,(H,15,16)(H,17,18). The van der Waals surface area contributed by atoms with Crippen molar-refractivity contribution in [3.63, 3.8) is 0 Å². The van der Waals surface area contributed by atoms with Crippen molar-refractivity contribution in [1.82, 2.24) is 4.98 Å². The molecule has 0 saturated carbocycles. The molecule has 0 spiro atoms. The van der Waals surface area contributed by atoms with Crippen molar-refractivity contribution in [1.29, 1.82) is 0 Å². The molecule has 2 N–H and O–H groups in total. The second-order valence-electron chi connectivity index (χ2n) is 4.08. The minimum absolute atomic E-state index is 0.118. The highest BCUT2D eigenvalue weighted by Gasteiger charge is 2.25. The van der Waals surface area contributed by atoms with Crippen LogP contribution >= 0.6 is 11.8 Å². The molecule has 0 aliphatic heterocycles. The summed E-state index contributed by atoms with van der Waals surface area (Å²) in [5.74, 6) is -1.79. The summed E-state index contributed by atoms with van der Waals surface area (Å²) in [6, 6.07) is 5.08. The smallest absolute Gasteiger partial charge is 0.317 e. The minimum Gasteiger partial charge on any atom is -0.494 e. The summed E-state index contributed by atoms with van der Waals surface area (Å²) in [6.45, 7) is 2.37. The van der Waals surface area contributed by atoms with Crippen LogP contribution in [0.3, 0.4) is 0 Å². The van der Waals surface area contributed by atoms with Gasteiger partial charge in [-0.05, 0) is 19.1 Å². The number of ether oxygens (including phenoxy) is 1. The van der Waals surface area contributed by atoms with Crippen LogP contribution < -0.4 is 4.74 Å². The minimum atomic E-state index is -1.22. The lowest BCUT2D eigenvalue weighted by Crippen LogP contribution is -2.20. The van der Waals surface area contributed by atoms with Crippen LogP contribution in [-0.2, 0) is 9.59 Å². The molecule has 0 amide bonds. The molecule has 7 nitrogen and oxygen atoms in total. The number of carbonyl (C=O) groups is 2. The average Bonchev–Trinajstić information content (AvgIpc) is 2.79. The van der Waals surface area contributed by atoms with Gasteiger partial charge < -0.3 is 19.4 Å². The summed E-state index contributed by atoms with van der Waals surface area (Å²) in [4.78, 5) is 25.8. The molecule has 0 aliphatic rings. The summed E-state index contributed by atoms with van der Waals surface area (Å²) in [5, 5.41) is 16.7. The van der Waals surface area contributed by atoms with E-state index in [2.05, 4.69) is 4.98 Å². The molecule has 0 saturated heterocycles. The highest BCUT2D eigenvalue weighted by Crippen LogP contribution is 2.30. The lowest BCUT2D eigenvalue weighted by molar-refractivity contribution is -0.142. The van der Waals surface area contributed by atoms with Gasteiger partial charge in [0.05, 0.1) is 13.0 Å². The first-order valence-corrected chi connectivity index (χ1v) is 7.02. The third kappa shape index (κ3) is 3.88. The molecule has 112 valence electrons. The Morgan fingerprint density at radius 1 is 1.43 bits per heavy atom. The van der Waals surface area contributed by atoms with Gasteiger partial charge in [0, 0.05) is 6.07 Å². The number of hydrogen-bond donors (Lipinski definition) is 2. The van der Waals surface area contributed by atoms with Gasteiger partial charge in [0.2, 0.25) is 0 Å².